The van der Waals surface area contributed by atoms with Crippen LogP contribution in [0.1, 0.15) is 51.9 Å². The van der Waals surface area contributed by atoms with Gasteiger partial charge in [0.15, 0.2) is 0 Å². The van der Waals surface area contributed by atoms with Crippen molar-refractivity contribution in [1.82, 2.24) is 0 Å². The smallest absolute Gasteiger partial charge is 0.134 e. The molecule has 0 aliphatic heterocycles. The summed E-state index contributed by atoms with van der Waals surface area (Å²) < 4.78 is 5.57. The van der Waals surface area contributed by atoms with Gasteiger partial charge in [-0.2, -0.15) is 0 Å². The maximum Gasteiger partial charge on any atom is 0.134 e. The predicted molar refractivity (Wildman–Crippen MR) is 80.1 cm³/mol. The lowest BCUT2D eigenvalue weighted by Gasteiger charge is -2.04. The third-order valence-corrected chi connectivity index (χ3v) is 2.95. The van der Waals surface area contributed by atoms with E-state index in [1.54, 1.807) is 0 Å². The fraction of sp³-hybridized carbons (Fsp3) is 0.529. The molecule has 0 aliphatic carbocycles. The first kappa shape index (κ1) is 14.8. The Balaban J connectivity index is 0.000000771. The van der Waals surface area contributed by atoms with Crippen molar-refractivity contribution in [3.63, 3.8) is 0 Å². The summed E-state index contributed by atoms with van der Waals surface area (Å²) in [5.74, 6) is 1.80. The Bertz CT molecular complexity index is 465. The van der Waals surface area contributed by atoms with Crippen LogP contribution in [0.15, 0.2) is 28.7 Å². The van der Waals surface area contributed by atoms with Crippen LogP contribution in [0.3, 0.4) is 0 Å². The summed E-state index contributed by atoms with van der Waals surface area (Å²) in [5.41, 5.74) is 2.43. The second kappa shape index (κ2) is 7.25. The lowest BCUT2D eigenvalue weighted by Crippen LogP contribution is -1.90. The molecule has 2 aromatic rings. The molecule has 0 saturated carbocycles. The lowest BCUT2D eigenvalue weighted by atomic mass is 10.0. The van der Waals surface area contributed by atoms with Gasteiger partial charge in [-0.05, 0) is 49.4 Å². The molecule has 0 amide bonds. The summed E-state index contributed by atoms with van der Waals surface area (Å²) >= 11 is 0. The molecule has 0 bridgehead atoms. The van der Waals surface area contributed by atoms with E-state index in [2.05, 4.69) is 38.1 Å². The van der Waals surface area contributed by atoms with Crippen LogP contribution in [0.2, 0.25) is 0 Å². The van der Waals surface area contributed by atoms with Gasteiger partial charge in [-0.3, -0.25) is 0 Å². The number of aryl methyl sites for hydroxylation is 2. The Kier molecular flexibility index (Phi) is 5.97. The third kappa shape index (κ3) is 4.21. The van der Waals surface area contributed by atoms with Crippen molar-refractivity contribution in [1.29, 1.82) is 0 Å². The van der Waals surface area contributed by atoms with Gasteiger partial charge < -0.3 is 4.42 Å². The van der Waals surface area contributed by atoms with Gasteiger partial charge in [0.25, 0.3) is 0 Å². The van der Waals surface area contributed by atoms with Crippen molar-refractivity contribution in [3.8, 4) is 0 Å². The van der Waals surface area contributed by atoms with E-state index in [9.17, 15) is 0 Å². The second-order valence-electron chi connectivity index (χ2n) is 5.02. The van der Waals surface area contributed by atoms with E-state index in [0.29, 0.717) is 0 Å². The lowest BCUT2D eigenvalue weighted by molar-refractivity contribution is 0.555. The Morgan fingerprint density at radius 3 is 2.50 bits per heavy atom. The molecular formula is C17H26O. The van der Waals surface area contributed by atoms with Crippen molar-refractivity contribution in [2.24, 2.45) is 5.92 Å². The minimum Gasteiger partial charge on any atom is -0.461 e. The highest BCUT2D eigenvalue weighted by Gasteiger charge is 2.02. The minimum absolute atomic E-state index is 0.805. The molecule has 0 aliphatic rings. The van der Waals surface area contributed by atoms with Crippen LogP contribution in [-0.2, 0) is 6.42 Å². The fourth-order valence-electron chi connectivity index (χ4n) is 2.10. The number of hydrogen-bond donors (Lipinski definition) is 0. The van der Waals surface area contributed by atoms with E-state index in [0.717, 1.165) is 17.3 Å². The van der Waals surface area contributed by atoms with Gasteiger partial charge >= 0.3 is 0 Å². The SMILES string of the molecule is CC.Cc1cc2cc(CCCC(C)C)ccc2o1. The van der Waals surface area contributed by atoms with E-state index < -0.39 is 0 Å². The molecule has 1 aromatic heterocycles. The largest absolute Gasteiger partial charge is 0.461 e. The topological polar surface area (TPSA) is 13.1 Å². The Hall–Kier alpha value is -1.24. The zero-order valence-corrected chi connectivity index (χ0v) is 12.4. The molecular weight excluding hydrogens is 220 g/mol. The highest BCUT2D eigenvalue weighted by Crippen LogP contribution is 2.21. The average Bonchev–Trinajstić information content (AvgIpc) is 2.70. The molecule has 1 heterocycles. The van der Waals surface area contributed by atoms with E-state index >= 15 is 0 Å². The molecule has 0 N–H and O–H groups in total. The van der Waals surface area contributed by atoms with Crippen LogP contribution in [0.4, 0.5) is 0 Å². The third-order valence-electron chi connectivity index (χ3n) is 2.95. The maximum atomic E-state index is 5.57. The van der Waals surface area contributed by atoms with E-state index in [1.165, 1.54) is 30.2 Å². The number of hydrogen-bond acceptors (Lipinski definition) is 1. The Labute approximate surface area is 111 Å². The van der Waals surface area contributed by atoms with Gasteiger partial charge in [-0.25, -0.2) is 0 Å². The van der Waals surface area contributed by atoms with Crippen LogP contribution >= 0.6 is 0 Å². The van der Waals surface area contributed by atoms with Gasteiger partial charge in [-0.15, -0.1) is 0 Å². The average molecular weight is 246 g/mol. The Morgan fingerprint density at radius 1 is 1.11 bits per heavy atom. The number of fused-ring (bicyclic) bond motifs is 1. The van der Waals surface area contributed by atoms with Gasteiger partial charge in [0.05, 0.1) is 0 Å². The predicted octanol–water partition coefficient (Wildman–Crippen LogP) is 5.75. The summed E-state index contributed by atoms with van der Waals surface area (Å²) in [6.45, 7) is 10.6. The monoisotopic (exact) mass is 246 g/mol. The van der Waals surface area contributed by atoms with Crippen molar-refractivity contribution in [3.05, 3.63) is 35.6 Å². The normalized spacial score (nSPS) is 10.6. The molecule has 18 heavy (non-hydrogen) atoms. The number of benzene rings is 1. The van der Waals surface area contributed by atoms with E-state index in [4.69, 9.17) is 4.42 Å². The van der Waals surface area contributed by atoms with Gasteiger partial charge in [-0.1, -0.05) is 40.2 Å². The molecule has 0 fully saturated rings. The molecule has 0 unspecified atom stereocenters. The van der Waals surface area contributed by atoms with Crippen LogP contribution < -0.4 is 0 Å². The zero-order chi connectivity index (χ0) is 13.5. The summed E-state index contributed by atoms with van der Waals surface area (Å²) in [5, 5.41) is 1.24. The fourth-order valence-corrected chi connectivity index (χ4v) is 2.10. The standard InChI is InChI=1S/C15H20O.C2H6/c1-11(2)5-4-6-13-7-8-15-14(10-13)9-12(3)16-15;1-2/h7-11H,4-6H2,1-3H3;1-2H3. The maximum absolute atomic E-state index is 5.57. The van der Waals surface area contributed by atoms with E-state index in [-0.39, 0.29) is 0 Å². The first-order valence-electron chi connectivity index (χ1n) is 7.14. The zero-order valence-electron chi connectivity index (χ0n) is 12.4. The van der Waals surface area contributed by atoms with Crippen molar-refractivity contribution in [2.75, 3.05) is 0 Å². The first-order valence-corrected chi connectivity index (χ1v) is 7.14. The molecule has 1 heteroatoms. The highest BCUT2D eigenvalue weighted by atomic mass is 16.3. The second-order valence-corrected chi connectivity index (χ2v) is 5.02. The summed E-state index contributed by atoms with van der Waals surface area (Å²) in [6, 6.07) is 8.64. The molecule has 0 atom stereocenters. The summed E-state index contributed by atoms with van der Waals surface area (Å²) in [6.07, 6.45) is 3.76. The number of furan rings is 1. The Morgan fingerprint density at radius 2 is 1.83 bits per heavy atom. The first-order chi connectivity index (χ1) is 8.65. The summed E-state index contributed by atoms with van der Waals surface area (Å²) in [4.78, 5) is 0. The van der Waals surface area contributed by atoms with Crippen LogP contribution in [0.25, 0.3) is 11.0 Å². The van der Waals surface area contributed by atoms with Crippen LogP contribution in [0, 0.1) is 12.8 Å². The van der Waals surface area contributed by atoms with Crippen LogP contribution in [-0.4, -0.2) is 0 Å². The summed E-state index contributed by atoms with van der Waals surface area (Å²) in [7, 11) is 0. The van der Waals surface area contributed by atoms with Crippen LogP contribution in [0.5, 0.6) is 0 Å². The minimum atomic E-state index is 0.805. The molecule has 0 saturated heterocycles. The number of rotatable bonds is 4. The van der Waals surface area contributed by atoms with E-state index in [1.807, 2.05) is 20.8 Å². The quantitative estimate of drug-likeness (QED) is 0.669. The molecule has 2 rings (SSSR count). The highest BCUT2D eigenvalue weighted by molar-refractivity contribution is 5.78. The molecule has 0 radical (unpaired) electrons. The van der Waals surface area contributed by atoms with Crippen molar-refractivity contribution >= 4 is 11.0 Å². The van der Waals surface area contributed by atoms with Gasteiger partial charge in [0.1, 0.15) is 11.3 Å². The molecule has 1 aromatic carbocycles. The molecule has 1 nitrogen and oxygen atoms in total. The molecule has 100 valence electrons. The van der Waals surface area contributed by atoms with Gasteiger partial charge in [0.2, 0.25) is 0 Å². The van der Waals surface area contributed by atoms with Crippen molar-refractivity contribution in [2.45, 2.75) is 53.9 Å². The van der Waals surface area contributed by atoms with Gasteiger partial charge in [0, 0.05) is 5.39 Å². The van der Waals surface area contributed by atoms with Crippen molar-refractivity contribution < 1.29 is 4.42 Å². The molecule has 0 spiro atoms.